The normalized spacial score (nSPS) is 22.0. The van der Waals surface area contributed by atoms with Gasteiger partial charge in [-0.2, -0.15) is 0 Å². The largest absolute Gasteiger partial charge is 0.507 e. The van der Waals surface area contributed by atoms with Gasteiger partial charge in [0, 0.05) is 18.4 Å². The number of ether oxygens (including phenoxy) is 1. The maximum atomic E-state index is 13.6. The minimum Gasteiger partial charge on any atom is -0.507 e. The van der Waals surface area contributed by atoms with Crippen molar-refractivity contribution in [2.45, 2.75) is 38.7 Å². The number of fused-ring (bicyclic) bond motifs is 2. The molecule has 2 aliphatic rings. The monoisotopic (exact) mass is 555 g/mol. The van der Waals surface area contributed by atoms with Gasteiger partial charge in [0.2, 0.25) is 11.8 Å². The summed E-state index contributed by atoms with van der Waals surface area (Å²) in [4.78, 5) is 28.3. The number of amides is 2. The van der Waals surface area contributed by atoms with Crippen LogP contribution in [0.3, 0.4) is 0 Å². The van der Waals surface area contributed by atoms with Crippen LogP contribution in [0.25, 0.3) is 16.8 Å². The average Bonchev–Trinajstić information content (AvgIpc) is 3.25. The topological polar surface area (TPSA) is 107 Å². The molecule has 1 fully saturated rings. The van der Waals surface area contributed by atoms with E-state index < -0.39 is 23.9 Å². The van der Waals surface area contributed by atoms with E-state index in [1.807, 2.05) is 36.4 Å². The summed E-state index contributed by atoms with van der Waals surface area (Å²) in [5, 5.41) is 34.1. The molecule has 3 aromatic carbocycles. The molecule has 0 radical (unpaired) electrons. The van der Waals surface area contributed by atoms with Crippen molar-refractivity contribution in [3.8, 4) is 5.75 Å². The summed E-state index contributed by atoms with van der Waals surface area (Å²) in [6, 6.07) is 20.2. The number of methoxy groups -OCH3 is 1. The molecule has 1 aliphatic carbocycles. The molecule has 2 amide bonds. The fourth-order valence-electron chi connectivity index (χ4n) is 6.58. The Hall–Kier alpha value is -3.78. The van der Waals surface area contributed by atoms with Gasteiger partial charge in [0.25, 0.3) is 0 Å². The number of nitrogens with zero attached hydrogens (tertiary/aromatic N) is 1. The Morgan fingerprint density at radius 2 is 1.73 bits per heavy atom. The summed E-state index contributed by atoms with van der Waals surface area (Å²) in [6.45, 7) is 1.94. The first-order chi connectivity index (χ1) is 19.9. The van der Waals surface area contributed by atoms with Gasteiger partial charge in [-0.1, -0.05) is 67.1 Å². The van der Waals surface area contributed by atoms with Crippen LogP contribution in [0, 0.1) is 17.8 Å². The van der Waals surface area contributed by atoms with Crippen LogP contribution in [0.1, 0.15) is 38.2 Å². The van der Waals surface area contributed by atoms with E-state index in [1.165, 1.54) is 4.90 Å². The maximum absolute atomic E-state index is 13.6. The van der Waals surface area contributed by atoms with E-state index in [0.29, 0.717) is 30.5 Å². The van der Waals surface area contributed by atoms with Crippen molar-refractivity contribution in [2.24, 2.45) is 17.8 Å². The molecule has 4 atom stereocenters. The number of hydrogen-bond donors (Lipinski definition) is 3. The standard InChI is InChI=1S/C34H37NO6/c1-3-21(17-22-14-16-29(37)26-12-8-7-11-25(22)26)13-15-30(38)31-23(20-41-2)18-27-32(28(31)19-36)34(40)35(33(27)39)24-9-5-4-6-10-24/h4-12,14,16-17,27-28,30,32,36-38H,3,13,15,18-20H2,1-2H3/b21-17+/t27-,28+,30-,32-/m1/s1. The smallest absolute Gasteiger partial charge is 0.238 e. The zero-order valence-electron chi connectivity index (χ0n) is 23.5. The number of para-hydroxylation sites is 1. The van der Waals surface area contributed by atoms with E-state index in [9.17, 15) is 24.9 Å². The molecule has 0 aromatic heterocycles. The molecule has 3 aromatic rings. The van der Waals surface area contributed by atoms with Gasteiger partial charge in [0.1, 0.15) is 5.75 Å². The number of phenolic OH excluding ortho intramolecular Hbond substituents is 1. The number of anilines is 1. The molecular weight excluding hydrogens is 518 g/mol. The second-order valence-corrected chi connectivity index (χ2v) is 10.9. The number of carbonyl (C=O) groups excluding carboxylic acids is 2. The molecule has 1 saturated heterocycles. The van der Waals surface area contributed by atoms with Crippen LogP contribution >= 0.6 is 0 Å². The van der Waals surface area contributed by atoms with Crippen LogP contribution in [0.5, 0.6) is 5.75 Å². The number of aliphatic hydroxyl groups is 2. The molecule has 1 aliphatic heterocycles. The summed E-state index contributed by atoms with van der Waals surface area (Å²) in [7, 11) is 1.56. The third kappa shape index (κ3) is 5.45. The van der Waals surface area contributed by atoms with Gasteiger partial charge in [0.05, 0.1) is 36.8 Å². The third-order valence-corrected chi connectivity index (χ3v) is 8.56. The van der Waals surface area contributed by atoms with Crippen LogP contribution in [0.15, 0.2) is 83.4 Å². The summed E-state index contributed by atoms with van der Waals surface area (Å²) in [5.74, 6) is -2.38. The first kappa shape index (κ1) is 28.7. The SMILES string of the molecule is CC/C(=C\c1ccc(O)c2ccccc12)CC[C@@H](O)C1=C(COC)C[C@H]2C(=O)N(c3ccccc3)C(=O)[C@H]2[C@H]1CO. The predicted molar refractivity (Wildman–Crippen MR) is 159 cm³/mol. The summed E-state index contributed by atoms with van der Waals surface area (Å²) in [5.41, 5.74) is 4.04. The number of hydrogen-bond acceptors (Lipinski definition) is 6. The van der Waals surface area contributed by atoms with Crippen LogP contribution in [0.2, 0.25) is 0 Å². The lowest BCUT2D eigenvalue weighted by Crippen LogP contribution is -2.39. The van der Waals surface area contributed by atoms with Crippen molar-refractivity contribution < 1.29 is 29.6 Å². The number of aliphatic hydroxyl groups excluding tert-OH is 2. The van der Waals surface area contributed by atoms with Crippen LogP contribution in [0.4, 0.5) is 5.69 Å². The van der Waals surface area contributed by atoms with Crippen LogP contribution < -0.4 is 4.90 Å². The number of aromatic hydroxyl groups is 1. The number of phenols is 1. The van der Waals surface area contributed by atoms with Gasteiger partial charge in [-0.15, -0.1) is 0 Å². The molecule has 214 valence electrons. The Balaban J connectivity index is 1.41. The molecule has 0 bridgehead atoms. The molecule has 41 heavy (non-hydrogen) atoms. The van der Waals surface area contributed by atoms with Crippen molar-refractivity contribution in [2.75, 3.05) is 25.2 Å². The lowest BCUT2D eigenvalue weighted by atomic mass is 9.68. The molecule has 0 spiro atoms. The first-order valence-electron chi connectivity index (χ1n) is 14.2. The zero-order valence-corrected chi connectivity index (χ0v) is 23.5. The molecule has 7 heteroatoms. The molecule has 0 unspecified atom stereocenters. The Bertz CT molecular complexity index is 1490. The van der Waals surface area contributed by atoms with Crippen molar-refractivity contribution in [1.82, 2.24) is 0 Å². The Kier molecular flexibility index (Phi) is 8.68. The van der Waals surface area contributed by atoms with Gasteiger partial charge < -0.3 is 20.1 Å². The fourth-order valence-corrected chi connectivity index (χ4v) is 6.58. The van der Waals surface area contributed by atoms with Crippen LogP contribution in [-0.4, -0.2) is 53.6 Å². The van der Waals surface area contributed by atoms with Gasteiger partial charge in [0.15, 0.2) is 0 Å². The average molecular weight is 556 g/mol. The zero-order chi connectivity index (χ0) is 29.1. The minimum atomic E-state index is -0.904. The lowest BCUT2D eigenvalue weighted by Gasteiger charge is -2.36. The highest BCUT2D eigenvalue weighted by atomic mass is 16.5. The van der Waals surface area contributed by atoms with E-state index >= 15 is 0 Å². The van der Waals surface area contributed by atoms with Crippen molar-refractivity contribution in [3.05, 3.63) is 89.0 Å². The first-order valence-corrected chi connectivity index (χ1v) is 14.2. The summed E-state index contributed by atoms with van der Waals surface area (Å²) >= 11 is 0. The number of imide groups is 1. The molecule has 3 N–H and O–H groups in total. The van der Waals surface area contributed by atoms with Crippen LogP contribution in [-0.2, 0) is 14.3 Å². The Morgan fingerprint density at radius 1 is 1.02 bits per heavy atom. The number of benzene rings is 3. The second kappa shape index (κ2) is 12.4. The van der Waals surface area contributed by atoms with Gasteiger partial charge in [-0.25, -0.2) is 0 Å². The van der Waals surface area contributed by atoms with E-state index in [0.717, 1.165) is 33.9 Å². The second-order valence-electron chi connectivity index (χ2n) is 10.9. The Labute approximate surface area is 240 Å². The lowest BCUT2D eigenvalue weighted by molar-refractivity contribution is -0.123. The number of rotatable bonds is 10. The fraction of sp³-hybridized carbons (Fsp3) is 0.353. The molecule has 7 nitrogen and oxygen atoms in total. The highest BCUT2D eigenvalue weighted by molar-refractivity contribution is 6.22. The summed E-state index contributed by atoms with van der Waals surface area (Å²) < 4.78 is 5.46. The number of allylic oxidation sites excluding steroid dienone is 1. The van der Waals surface area contributed by atoms with Gasteiger partial charge in [-0.3, -0.25) is 14.5 Å². The molecule has 5 rings (SSSR count). The highest BCUT2D eigenvalue weighted by Crippen LogP contribution is 2.47. The Morgan fingerprint density at radius 3 is 2.41 bits per heavy atom. The third-order valence-electron chi connectivity index (χ3n) is 8.56. The van der Waals surface area contributed by atoms with Gasteiger partial charge >= 0.3 is 0 Å². The van der Waals surface area contributed by atoms with E-state index in [2.05, 4.69) is 13.0 Å². The van der Waals surface area contributed by atoms with Crippen molar-refractivity contribution in [3.63, 3.8) is 0 Å². The maximum Gasteiger partial charge on any atom is 0.238 e. The van der Waals surface area contributed by atoms with E-state index in [1.54, 1.807) is 37.4 Å². The van der Waals surface area contributed by atoms with Crippen molar-refractivity contribution >= 4 is 34.4 Å². The summed E-state index contributed by atoms with van der Waals surface area (Å²) in [6.07, 6.45) is 3.29. The van der Waals surface area contributed by atoms with Gasteiger partial charge in [-0.05, 0) is 66.0 Å². The predicted octanol–water partition coefficient (Wildman–Crippen LogP) is 5.24. The molecule has 1 heterocycles. The van der Waals surface area contributed by atoms with Crippen molar-refractivity contribution in [1.29, 1.82) is 0 Å². The highest BCUT2D eigenvalue weighted by Gasteiger charge is 2.55. The minimum absolute atomic E-state index is 0.217. The quantitative estimate of drug-likeness (QED) is 0.233. The number of carbonyl (C=O) groups is 2. The molecule has 0 saturated carbocycles. The van der Waals surface area contributed by atoms with E-state index in [4.69, 9.17) is 4.74 Å². The van der Waals surface area contributed by atoms with E-state index in [-0.39, 0.29) is 30.8 Å². The molecular formula is C34H37NO6.